The van der Waals surface area contributed by atoms with E-state index in [0.29, 0.717) is 37.5 Å². The van der Waals surface area contributed by atoms with Crippen molar-refractivity contribution in [2.75, 3.05) is 39.6 Å². The molecule has 0 aromatic heterocycles. The first kappa shape index (κ1) is 88.1. The molecule has 534 valence electrons. The van der Waals surface area contributed by atoms with Crippen molar-refractivity contribution in [1.29, 1.82) is 0 Å². The van der Waals surface area contributed by atoms with Gasteiger partial charge in [-0.15, -0.1) is 0 Å². The van der Waals surface area contributed by atoms with Crippen LogP contribution >= 0.6 is 15.6 Å². The third kappa shape index (κ3) is 63.5. The van der Waals surface area contributed by atoms with E-state index in [0.717, 1.165) is 108 Å². The number of aliphatic hydroxyl groups excluding tert-OH is 1. The molecule has 3 N–H and O–H groups in total. The van der Waals surface area contributed by atoms with Crippen LogP contribution in [0.25, 0.3) is 0 Å². The molecule has 0 amide bonds. The minimum atomic E-state index is -4.95. The highest BCUT2D eigenvalue weighted by Gasteiger charge is 2.30. The van der Waals surface area contributed by atoms with Crippen molar-refractivity contribution >= 4 is 39.5 Å². The highest BCUT2D eigenvalue weighted by atomic mass is 31.2. The summed E-state index contributed by atoms with van der Waals surface area (Å²) in [5, 5.41) is 10.6. The third-order valence-corrected chi connectivity index (χ3v) is 18.6. The molecule has 0 radical (unpaired) electrons. The largest absolute Gasteiger partial charge is 0.472 e. The fourth-order valence-electron chi connectivity index (χ4n) is 10.6. The summed E-state index contributed by atoms with van der Waals surface area (Å²) in [6, 6.07) is 0. The molecule has 6 atom stereocenters. The van der Waals surface area contributed by atoms with Crippen LogP contribution in [0.2, 0.25) is 0 Å². The van der Waals surface area contributed by atoms with Crippen LogP contribution in [-0.4, -0.2) is 96.7 Å². The Hall–Kier alpha value is -1.94. The summed E-state index contributed by atoms with van der Waals surface area (Å²) in [7, 11) is -9.90. The topological polar surface area (TPSA) is 237 Å². The number of hydrogen-bond donors (Lipinski definition) is 3. The quantitative estimate of drug-likeness (QED) is 0.0222. The fourth-order valence-corrected chi connectivity index (χ4v) is 12.2. The number of unbranched alkanes of at least 4 members (excludes halogenated alkanes) is 33. The van der Waals surface area contributed by atoms with Crippen LogP contribution in [0.5, 0.6) is 0 Å². The van der Waals surface area contributed by atoms with Gasteiger partial charge in [0.25, 0.3) is 0 Å². The van der Waals surface area contributed by atoms with E-state index in [1.54, 1.807) is 0 Å². The van der Waals surface area contributed by atoms with Gasteiger partial charge in [0.2, 0.25) is 0 Å². The van der Waals surface area contributed by atoms with Crippen molar-refractivity contribution in [2.24, 2.45) is 23.7 Å². The maximum atomic E-state index is 13.0. The van der Waals surface area contributed by atoms with Crippen LogP contribution in [0.1, 0.15) is 351 Å². The predicted molar refractivity (Wildman–Crippen MR) is 363 cm³/mol. The maximum absolute atomic E-state index is 13.0. The van der Waals surface area contributed by atoms with Crippen LogP contribution in [0, 0.1) is 23.7 Å². The SMILES string of the molecule is CCC(C)CCCCCCCCCCCCC(=O)OC[C@H](COP(=O)(O)OCC(O)COP(=O)(O)OC[C@@H](COC(=O)CCCCCCCCCC(C)C)OC(=O)CCCCCCCCC(C)C)OC(=O)CCCCCCCCCCCCCCCCC(C)C. The standard InChI is InChI=1S/C71H138O17P2/c1-9-64(8)50-42-34-25-19-16-17-20-26-35-43-51-68(73)81-57-66(87-70(75)53-45-37-27-21-15-13-11-10-12-14-18-23-31-39-47-61(2)3)59-85-89(77,78)83-55-65(72)56-84-90(79,80)86-60-67(88-71(76)54-46-38-30-29-33-41-49-63(6)7)58-82-69(74)52-44-36-28-22-24-32-40-48-62(4)5/h61-67,72H,9-60H2,1-8H3,(H,77,78)(H,79,80)/t64?,65?,66-,67-/m1/s1. The second-order valence-corrected chi connectivity index (χ2v) is 30.2. The number of aliphatic hydroxyl groups is 1. The molecule has 0 bridgehead atoms. The van der Waals surface area contributed by atoms with Gasteiger partial charge in [0.15, 0.2) is 12.2 Å². The van der Waals surface area contributed by atoms with Crippen molar-refractivity contribution in [3.63, 3.8) is 0 Å². The van der Waals surface area contributed by atoms with Crippen molar-refractivity contribution in [1.82, 2.24) is 0 Å². The monoisotopic (exact) mass is 1320 g/mol. The highest BCUT2D eigenvalue weighted by molar-refractivity contribution is 7.47. The zero-order valence-corrected chi connectivity index (χ0v) is 60.6. The number of hydrogen-bond acceptors (Lipinski definition) is 15. The minimum absolute atomic E-state index is 0.101. The van der Waals surface area contributed by atoms with E-state index in [-0.39, 0.29) is 25.7 Å². The first-order valence-corrected chi connectivity index (χ1v) is 39.7. The molecule has 0 aromatic carbocycles. The Morgan fingerprint density at radius 3 is 0.789 bits per heavy atom. The number of esters is 4. The Balaban J connectivity index is 5.23. The molecular weight excluding hydrogens is 1190 g/mol. The second kappa shape index (κ2) is 60.7. The van der Waals surface area contributed by atoms with Gasteiger partial charge in [0.05, 0.1) is 26.4 Å². The lowest BCUT2D eigenvalue weighted by Crippen LogP contribution is -2.30. The molecule has 4 unspecified atom stereocenters. The van der Waals surface area contributed by atoms with E-state index in [4.69, 9.17) is 37.0 Å². The van der Waals surface area contributed by atoms with Crippen molar-refractivity contribution in [3.05, 3.63) is 0 Å². The van der Waals surface area contributed by atoms with Crippen LogP contribution < -0.4 is 0 Å². The molecule has 17 nitrogen and oxygen atoms in total. The van der Waals surface area contributed by atoms with Gasteiger partial charge in [-0.3, -0.25) is 37.3 Å². The van der Waals surface area contributed by atoms with Gasteiger partial charge in [0, 0.05) is 25.7 Å². The summed E-state index contributed by atoms with van der Waals surface area (Å²) in [5.74, 6) is 0.846. The number of ether oxygens (including phenoxy) is 4. The minimum Gasteiger partial charge on any atom is -0.462 e. The average molecular weight is 1330 g/mol. The van der Waals surface area contributed by atoms with E-state index in [1.807, 2.05) is 0 Å². The molecule has 0 aromatic rings. The van der Waals surface area contributed by atoms with Gasteiger partial charge in [0.1, 0.15) is 19.3 Å². The lowest BCUT2D eigenvalue weighted by molar-refractivity contribution is -0.161. The lowest BCUT2D eigenvalue weighted by atomic mass is 9.99. The lowest BCUT2D eigenvalue weighted by Gasteiger charge is -2.21. The van der Waals surface area contributed by atoms with E-state index in [1.165, 1.54) is 148 Å². The second-order valence-electron chi connectivity index (χ2n) is 27.3. The summed E-state index contributed by atoms with van der Waals surface area (Å²) in [6.07, 6.45) is 43.3. The van der Waals surface area contributed by atoms with Gasteiger partial charge < -0.3 is 33.8 Å². The predicted octanol–water partition coefficient (Wildman–Crippen LogP) is 20.1. The molecule has 0 aliphatic carbocycles. The molecule has 19 heteroatoms. The molecule has 0 aliphatic rings. The zero-order chi connectivity index (χ0) is 66.8. The normalized spacial score (nSPS) is 14.6. The number of rotatable bonds is 68. The summed E-state index contributed by atoms with van der Waals surface area (Å²) < 4.78 is 68.3. The summed E-state index contributed by atoms with van der Waals surface area (Å²) in [6.45, 7) is 14.1. The van der Waals surface area contributed by atoms with Gasteiger partial charge in [-0.1, -0.05) is 299 Å². The van der Waals surface area contributed by atoms with E-state index in [2.05, 4.69) is 55.4 Å². The molecule has 0 spiro atoms. The fraction of sp³-hybridized carbons (Fsp3) is 0.944. The van der Waals surface area contributed by atoms with Crippen molar-refractivity contribution in [3.8, 4) is 0 Å². The van der Waals surface area contributed by atoms with Gasteiger partial charge >= 0.3 is 39.5 Å². The van der Waals surface area contributed by atoms with Gasteiger partial charge in [-0.2, -0.15) is 0 Å². The van der Waals surface area contributed by atoms with E-state index < -0.39 is 97.5 Å². The van der Waals surface area contributed by atoms with Crippen molar-refractivity contribution in [2.45, 2.75) is 369 Å². The van der Waals surface area contributed by atoms with Crippen molar-refractivity contribution < 1.29 is 80.2 Å². The summed E-state index contributed by atoms with van der Waals surface area (Å²) in [4.78, 5) is 72.5. The van der Waals surface area contributed by atoms with Crippen LogP contribution in [0.15, 0.2) is 0 Å². The first-order valence-electron chi connectivity index (χ1n) is 36.7. The van der Waals surface area contributed by atoms with Crippen LogP contribution in [0.4, 0.5) is 0 Å². The smallest absolute Gasteiger partial charge is 0.462 e. The number of carbonyl (C=O) groups is 4. The number of carbonyl (C=O) groups excluding carboxylic acids is 4. The molecule has 90 heavy (non-hydrogen) atoms. The number of phosphoric acid groups is 2. The summed E-state index contributed by atoms with van der Waals surface area (Å²) >= 11 is 0. The molecule has 0 rings (SSSR count). The van der Waals surface area contributed by atoms with Gasteiger partial charge in [-0.05, 0) is 49.4 Å². The highest BCUT2D eigenvalue weighted by Crippen LogP contribution is 2.45. The molecule has 0 saturated carbocycles. The van der Waals surface area contributed by atoms with Crippen LogP contribution in [0.3, 0.4) is 0 Å². The zero-order valence-electron chi connectivity index (χ0n) is 58.8. The van der Waals surface area contributed by atoms with Gasteiger partial charge in [-0.25, -0.2) is 9.13 Å². The summed E-state index contributed by atoms with van der Waals surface area (Å²) in [5.41, 5.74) is 0. The Morgan fingerprint density at radius 1 is 0.311 bits per heavy atom. The maximum Gasteiger partial charge on any atom is 0.472 e. The molecule has 0 saturated heterocycles. The first-order chi connectivity index (χ1) is 43.1. The molecular formula is C71H138O17P2. The Labute approximate surface area is 549 Å². The molecule has 0 fully saturated rings. The Bertz CT molecular complexity index is 1780. The Kier molecular flexibility index (Phi) is 59.4. The average Bonchev–Trinajstić information content (AvgIpc) is 3.56. The van der Waals surface area contributed by atoms with E-state index in [9.17, 15) is 43.2 Å². The van der Waals surface area contributed by atoms with Crippen LogP contribution in [-0.2, 0) is 65.4 Å². The Morgan fingerprint density at radius 2 is 0.533 bits per heavy atom. The number of phosphoric ester groups is 2. The third-order valence-electron chi connectivity index (χ3n) is 16.7. The van der Waals surface area contributed by atoms with E-state index >= 15 is 0 Å². The molecule has 0 heterocycles. The molecule has 0 aliphatic heterocycles.